The van der Waals surface area contributed by atoms with Crippen molar-refractivity contribution in [3.63, 3.8) is 0 Å². The minimum absolute atomic E-state index is 0.0763. The third-order valence-corrected chi connectivity index (χ3v) is 3.47. The summed E-state index contributed by atoms with van der Waals surface area (Å²) in [5, 5.41) is 9.28. The first kappa shape index (κ1) is 17.0. The molecule has 0 amide bonds. The fraction of sp³-hybridized carbons (Fsp3) is 0.176. The van der Waals surface area contributed by atoms with E-state index in [0.29, 0.717) is 5.75 Å². The average molecular weight is 325 g/mol. The largest absolute Gasteiger partial charge is 0.497 e. The highest BCUT2D eigenvalue weighted by Gasteiger charge is 2.14. The first-order valence-corrected chi connectivity index (χ1v) is 6.96. The van der Waals surface area contributed by atoms with Crippen molar-refractivity contribution in [1.29, 1.82) is 5.26 Å². The van der Waals surface area contributed by atoms with Crippen molar-refractivity contribution in [1.82, 2.24) is 9.13 Å². The number of Topliss-reactive ketones (excluding diaryl/α,β-unsaturated/α-hetero) is 1. The van der Waals surface area contributed by atoms with Crippen LogP contribution in [0.5, 0.6) is 5.75 Å². The van der Waals surface area contributed by atoms with Crippen molar-refractivity contribution >= 4 is 11.9 Å². The molecule has 0 spiro atoms. The molecule has 0 aliphatic carbocycles. The van der Waals surface area contributed by atoms with Gasteiger partial charge in [0.2, 0.25) is 5.78 Å². The van der Waals surface area contributed by atoms with Gasteiger partial charge in [0.1, 0.15) is 17.4 Å². The number of hydrogen-bond donors (Lipinski definition) is 0. The van der Waals surface area contributed by atoms with Crippen LogP contribution in [0.2, 0.25) is 0 Å². The van der Waals surface area contributed by atoms with E-state index in [1.165, 1.54) is 44.1 Å². The lowest BCUT2D eigenvalue weighted by atomic mass is 10.0. The average Bonchev–Trinajstić information content (AvgIpc) is 2.61. The number of benzene rings is 1. The normalized spacial score (nSPS) is 11.0. The Balaban J connectivity index is 2.55. The maximum atomic E-state index is 12.5. The van der Waals surface area contributed by atoms with Crippen molar-refractivity contribution < 1.29 is 9.53 Å². The van der Waals surface area contributed by atoms with Gasteiger partial charge < -0.3 is 9.30 Å². The first-order chi connectivity index (χ1) is 11.4. The summed E-state index contributed by atoms with van der Waals surface area (Å²) in [4.78, 5) is 36.3. The Kier molecular flexibility index (Phi) is 4.80. The second-order valence-corrected chi connectivity index (χ2v) is 5.07. The van der Waals surface area contributed by atoms with E-state index in [4.69, 9.17) is 4.74 Å². The molecule has 0 fully saturated rings. The minimum atomic E-state index is -0.579. The molecule has 2 rings (SSSR count). The molecule has 0 aliphatic rings. The van der Waals surface area contributed by atoms with Gasteiger partial charge in [-0.1, -0.05) is 12.1 Å². The number of ketones is 1. The Labute approximate surface area is 137 Å². The molecule has 0 saturated heterocycles. The second kappa shape index (κ2) is 6.79. The molecule has 0 N–H and O–H groups in total. The highest BCUT2D eigenvalue weighted by Crippen LogP contribution is 2.16. The van der Waals surface area contributed by atoms with Crippen molar-refractivity contribution in [2.45, 2.75) is 0 Å². The van der Waals surface area contributed by atoms with Crippen LogP contribution in [-0.4, -0.2) is 22.0 Å². The lowest BCUT2D eigenvalue weighted by Crippen LogP contribution is -2.37. The molecule has 1 heterocycles. The topological polar surface area (TPSA) is 94.1 Å². The van der Waals surface area contributed by atoms with E-state index < -0.39 is 17.0 Å². The van der Waals surface area contributed by atoms with Crippen LogP contribution in [0.4, 0.5) is 0 Å². The molecular weight excluding hydrogens is 310 g/mol. The number of nitrogens with zero attached hydrogens (tertiary/aromatic N) is 3. The molecule has 1 aromatic heterocycles. The summed E-state index contributed by atoms with van der Waals surface area (Å²) in [6.07, 6.45) is 2.48. The lowest BCUT2D eigenvalue weighted by Gasteiger charge is -2.05. The predicted octanol–water partition coefficient (Wildman–Crippen LogP) is 0.882. The van der Waals surface area contributed by atoms with Crippen molar-refractivity contribution in [3.8, 4) is 11.8 Å². The van der Waals surface area contributed by atoms with Crippen LogP contribution in [0.15, 0.2) is 45.6 Å². The number of allylic oxidation sites excluding steroid dienone is 1. The van der Waals surface area contributed by atoms with Gasteiger partial charge >= 0.3 is 5.69 Å². The van der Waals surface area contributed by atoms with Crippen LogP contribution in [-0.2, 0) is 14.1 Å². The maximum absolute atomic E-state index is 12.5. The predicted molar refractivity (Wildman–Crippen MR) is 87.8 cm³/mol. The van der Waals surface area contributed by atoms with E-state index in [1.54, 1.807) is 24.3 Å². The molecule has 2 aromatic rings. The Bertz CT molecular complexity index is 990. The van der Waals surface area contributed by atoms with E-state index in [9.17, 15) is 19.6 Å². The summed E-state index contributed by atoms with van der Waals surface area (Å²) in [6, 6.07) is 8.17. The monoisotopic (exact) mass is 325 g/mol. The first-order valence-electron chi connectivity index (χ1n) is 6.96. The van der Waals surface area contributed by atoms with E-state index in [0.717, 1.165) is 4.57 Å². The fourth-order valence-electron chi connectivity index (χ4n) is 2.16. The number of ether oxygens (including phenoxy) is 1. The zero-order chi connectivity index (χ0) is 17.9. The molecule has 0 radical (unpaired) electrons. The zero-order valence-electron chi connectivity index (χ0n) is 13.4. The van der Waals surface area contributed by atoms with Gasteiger partial charge in [0.25, 0.3) is 5.56 Å². The Morgan fingerprint density at radius 1 is 1.29 bits per heavy atom. The summed E-state index contributed by atoms with van der Waals surface area (Å²) in [6.45, 7) is 0. The van der Waals surface area contributed by atoms with Crippen LogP contribution in [0.3, 0.4) is 0 Å². The second-order valence-electron chi connectivity index (χ2n) is 5.07. The van der Waals surface area contributed by atoms with Gasteiger partial charge in [-0.05, 0) is 18.2 Å². The zero-order valence-corrected chi connectivity index (χ0v) is 13.4. The summed E-state index contributed by atoms with van der Waals surface area (Å²) in [5.74, 6) is -0.0523. The van der Waals surface area contributed by atoms with E-state index in [2.05, 4.69) is 0 Å². The van der Waals surface area contributed by atoms with Crippen molar-refractivity contribution in [3.05, 3.63) is 68.0 Å². The van der Waals surface area contributed by atoms with E-state index >= 15 is 0 Å². The molecule has 24 heavy (non-hydrogen) atoms. The number of nitriles is 1. The number of carbonyl (C=O) groups excluding carboxylic acids is 1. The van der Waals surface area contributed by atoms with Gasteiger partial charge in [0, 0.05) is 25.9 Å². The van der Waals surface area contributed by atoms with Crippen molar-refractivity contribution in [2.75, 3.05) is 7.11 Å². The van der Waals surface area contributed by atoms with Gasteiger partial charge in [-0.15, -0.1) is 0 Å². The number of aryl methyl sites for hydroxylation is 1. The summed E-state index contributed by atoms with van der Waals surface area (Å²) in [7, 11) is 4.28. The number of carbonyl (C=O) groups is 1. The molecule has 0 atom stereocenters. The Morgan fingerprint density at radius 3 is 2.62 bits per heavy atom. The third-order valence-electron chi connectivity index (χ3n) is 3.47. The quantitative estimate of drug-likeness (QED) is 0.472. The van der Waals surface area contributed by atoms with Crippen LogP contribution >= 0.6 is 0 Å². The Morgan fingerprint density at radius 2 is 2.00 bits per heavy atom. The molecule has 7 nitrogen and oxygen atoms in total. The smallest absolute Gasteiger partial charge is 0.330 e. The number of rotatable bonds is 4. The van der Waals surface area contributed by atoms with Crippen LogP contribution in [0.1, 0.15) is 15.9 Å². The van der Waals surface area contributed by atoms with E-state index in [-0.39, 0.29) is 16.7 Å². The van der Waals surface area contributed by atoms with Crippen LogP contribution < -0.4 is 16.0 Å². The highest BCUT2D eigenvalue weighted by molar-refractivity contribution is 6.14. The third kappa shape index (κ3) is 3.17. The molecule has 7 heteroatoms. The van der Waals surface area contributed by atoms with Crippen molar-refractivity contribution in [2.24, 2.45) is 14.1 Å². The molecule has 0 bridgehead atoms. The van der Waals surface area contributed by atoms with Gasteiger partial charge in [-0.2, -0.15) is 5.26 Å². The van der Waals surface area contributed by atoms with Crippen LogP contribution in [0.25, 0.3) is 6.08 Å². The number of aromatic nitrogens is 2. The molecule has 0 aliphatic heterocycles. The minimum Gasteiger partial charge on any atom is -0.497 e. The molecule has 1 aromatic carbocycles. The Hall–Kier alpha value is -3.40. The fourth-order valence-corrected chi connectivity index (χ4v) is 2.16. The standard InChI is InChI=1S/C17H15N3O4/c1-19-10-13(16(22)20(2)17(19)23)7-12(9-18)15(21)11-5-4-6-14(8-11)24-3/h4-8,10H,1-3H3/b12-7+. The van der Waals surface area contributed by atoms with Crippen LogP contribution in [0, 0.1) is 11.3 Å². The van der Waals surface area contributed by atoms with Gasteiger partial charge in [-0.25, -0.2) is 4.79 Å². The lowest BCUT2D eigenvalue weighted by molar-refractivity contribution is 0.103. The van der Waals surface area contributed by atoms with Gasteiger partial charge in [-0.3, -0.25) is 14.2 Å². The summed E-state index contributed by atoms with van der Waals surface area (Å²) >= 11 is 0. The van der Waals surface area contributed by atoms with E-state index in [1.807, 2.05) is 0 Å². The highest BCUT2D eigenvalue weighted by atomic mass is 16.5. The van der Waals surface area contributed by atoms with Gasteiger partial charge in [0.15, 0.2) is 0 Å². The number of hydrogen-bond acceptors (Lipinski definition) is 5. The number of methoxy groups -OCH3 is 1. The van der Waals surface area contributed by atoms with Gasteiger partial charge in [0.05, 0.1) is 12.7 Å². The SMILES string of the molecule is COc1cccc(C(=O)/C(C#N)=C/c2cn(C)c(=O)n(C)c2=O)c1. The molecule has 0 unspecified atom stereocenters. The molecular formula is C17H15N3O4. The molecule has 0 saturated carbocycles. The maximum Gasteiger partial charge on any atom is 0.330 e. The summed E-state index contributed by atoms with van der Waals surface area (Å²) < 4.78 is 7.17. The molecule has 122 valence electrons. The summed E-state index contributed by atoms with van der Waals surface area (Å²) in [5.41, 5.74) is -0.936.